The Kier molecular flexibility index (Phi) is 4.87. The van der Waals surface area contributed by atoms with Crippen molar-refractivity contribution in [3.63, 3.8) is 0 Å². The van der Waals surface area contributed by atoms with E-state index in [-0.39, 0.29) is 11.6 Å². The molecular weight excluding hydrogens is 273 g/mol. The molecule has 0 aromatic heterocycles. The second kappa shape index (κ2) is 6.83. The zero-order valence-electron chi connectivity index (χ0n) is 11.7. The lowest BCUT2D eigenvalue weighted by atomic mass is 10.1. The fourth-order valence-electron chi connectivity index (χ4n) is 2.08. The minimum atomic E-state index is -0.538. The zero-order valence-corrected chi connectivity index (χ0v) is 11.7. The minimum Gasteiger partial charge on any atom is -0.452 e. The van der Waals surface area contributed by atoms with Gasteiger partial charge in [0.05, 0.1) is 12.8 Å². The third-order valence-electron chi connectivity index (χ3n) is 3.16. The van der Waals surface area contributed by atoms with Crippen LogP contribution in [0.25, 0.3) is 6.08 Å². The number of ketones is 1. The number of rotatable bonds is 3. The third-order valence-corrected chi connectivity index (χ3v) is 3.16. The average molecular weight is 289 g/mol. The molecule has 5 heteroatoms. The summed E-state index contributed by atoms with van der Waals surface area (Å²) in [6.45, 7) is 0.467. The number of nitrogens with zero attached hydrogens (tertiary/aromatic N) is 1. The van der Waals surface area contributed by atoms with E-state index in [4.69, 9.17) is 0 Å². The topological polar surface area (TPSA) is 46.6 Å². The number of carbonyl (C=O) groups excluding carboxylic acids is 2. The molecule has 0 saturated heterocycles. The van der Waals surface area contributed by atoms with Crippen molar-refractivity contribution in [2.24, 2.45) is 0 Å². The van der Waals surface area contributed by atoms with Crippen LogP contribution in [-0.2, 0) is 9.53 Å². The summed E-state index contributed by atoms with van der Waals surface area (Å²) in [4.78, 5) is 25.2. The van der Waals surface area contributed by atoms with Crippen LogP contribution in [-0.4, -0.2) is 30.4 Å². The van der Waals surface area contributed by atoms with E-state index < -0.39 is 6.09 Å². The molecule has 0 radical (unpaired) electrons. The van der Waals surface area contributed by atoms with E-state index in [0.29, 0.717) is 17.8 Å². The van der Waals surface area contributed by atoms with Crippen LogP contribution < -0.4 is 0 Å². The lowest BCUT2D eigenvalue weighted by Gasteiger charge is -2.25. The van der Waals surface area contributed by atoms with Crippen molar-refractivity contribution >= 4 is 18.0 Å². The van der Waals surface area contributed by atoms with Gasteiger partial charge < -0.3 is 4.74 Å². The van der Waals surface area contributed by atoms with E-state index in [2.05, 4.69) is 4.74 Å². The molecular formula is C16H16FNO3. The number of allylic oxidation sites excluding steroid dienone is 2. The van der Waals surface area contributed by atoms with Gasteiger partial charge in [0.25, 0.3) is 0 Å². The standard InChI is InChI=1S/C16H16FNO3/c1-21-16(20)18-11-3-2-4-14(18)15(19)10-7-12-5-8-13(17)9-6-12/h4-10H,2-3,11H2,1H3/b10-7+. The molecule has 0 spiro atoms. The molecule has 110 valence electrons. The summed E-state index contributed by atoms with van der Waals surface area (Å²) in [7, 11) is 1.29. The number of hydrogen-bond acceptors (Lipinski definition) is 3. The summed E-state index contributed by atoms with van der Waals surface area (Å²) in [5.74, 6) is -0.602. The first-order valence-electron chi connectivity index (χ1n) is 6.65. The highest BCUT2D eigenvalue weighted by atomic mass is 19.1. The maximum absolute atomic E-state index is 12.8. The SMILES string of the molecule is COC(=O)N1CCCC=C1C(=O)/C=C/c1ccc(F)cc1. The van der Waals surface area contributed by atoms with Crippen LogP contribution in [0, 0.1) is 5.82 Å². The van der Waals surface area contributed by atoms with Gasteiger partial charge in [0.1, 0.15) is 5.82 Å². The normalized spacial score (nSPS) is 15.0. The molecule has 1 aliphatic heterocycles. The molecule has 0 aliphatic carbocycles. The number of halogens is 1. The zero-order chi connectivity index (χ0) is 15.2. The summed E-state index contributed by atoms with van der Waals surface area (Å²) in [5, 5.41) is 0. The van der Waals surface area contributed by atoms with E-state index in [9.17, 15) is 14.0 Å². The molecule has 2 rings (SSSR count). The van der Waals surface area contributed by atoms with Crippen molar-refractivity contribution in [3.05, 3.63) is 53.5 Å². The van der Waals surface area contributed by atoms with Crippen molar-refractivity contribution in [2.45, 2.75) is 12.8 Å². The van der Waals surface area contributed by atoms with E-state index in [1.165, 1.54) is 30.2 Å². The molecule has 0 unspecified atom stereocenters. The molecule has 1 heterocycles. The Morgan fingerprint density at radius 1 is 1.29 bits per heavy atom. The monoisotopic (exact) mass is 289 g/mol. The molecule has 1 aliphatic rings. The van der Waals surface area contributed by atoms with Gasteiger partial charge in [-0.3, -0.25) is 9.69 Å². The predicted molar refractivity (Wildman–Crippen MR) is 76.9 cm³/mol. The molecule has 1 aromatic rings. The van der Waals surface area contributed by atoms with Crippen LogP contribution >= 0.6 is 0 Å². The Balaban J connectivity index is 2.12. The lowest BCUT2D eigenvalue weighted by Crippen LogP contribution is -2.35. The van der Waals surface area contributed by atoms with E-state index in [0.717, 1.165) is 12.8 Å². The molecule has 0 saturated carbocycles. The van der Waals surface area contributed by atoms with Gasteiger partial charge in [-0.25, -0.2) is 9.18 Å². The van der Waals surface area contributed by atoms with Gasteiger partial charge in [0.15, 0.2) is 0 Å². The van der Waals surface area contributed by atoms with Crippen molar-refractivity contribution < 1.29 is 18.7 Å². The Labute approximate surface area is 122 Å². The van der Waals surface area contributed by atoms with Crippen LogP contribution in [0.15, 0.2) is 42.1 Å². The van der Waals surface area contributed by atoms with Crippen LogP contribution in [0.3, 0.4) is 0 Å². The van der Waals surface area contributed by atoms with Gasteiger partial charge in [-0.1, -0.05) is 24.3 Å². The quantitative estimate of drug-likeness (QED) is 0.803. The Morgan fingerprint density at radius 2 is 2.00 bits per heavy atom. The fourth-order valence-corrected chi connectivity index (χ4v) is 2.08. The largest absolute Gasteiger partial charge is 0.452 e. The maximum atomic E-state index is 12.8. The number of ether oxygens (including phenoxy) is 1. The molecule has 4 nitrogen and oxygen atoms in total. The summed E-state index contributed by atoms with van der Waals surface area (Å²) in [6.07, 6.45) is 5.71. The molecule has 1 aromatic carbocycles. The summed E-state index contributed by atoms with van der Waals surface area (Å²) >= 11 is 0. The molecule has 1 amide bonds. The van der Waals surface area contributed by atoms with Crippen LogP contribution in [0.4, 0.5) is 9.18 Å². The van der Waals surface area contributed by atoms with Crippen molar-refractivity contribution in [1.29, 1.82) is 0 Å². The summed E-state index contributed by atoms with van der Waals surface area (Å²) in [6, 6.07) is 5.80. The number of amides is 1. The van der Waals surface area contributed by atoms with Gasteiger partial charge in [-0.05, 0) is 36.6 Å². The Bertz CT molecular complexity index is 590. The first kappa shape index (κ1) is 15.0. The second-order valence-corrected chi connectivity index (χ2v) is 4.60. The summed E-state index contributed by atoms with van der Waals surface area (Å²) in [5.41, 5.74) is 1.04. The number of methoxy groups -OCH3 is 1. The molecule has 0 atom stereocenters. The smallest absolute Gasteiger partial charge is 0.414 e. The number of hydrogen-bond donors (Lipinski definition) is 0. The van der Waals surface area contributed by atoms with E-state index >= 15 is 0 Å². The van der Waals surface area contributed by atoms with E-state index in [1.807, 2.05) is 0 Å². The first-order chi connectivity index (χ1) is 10.1. The van der Waals surface area contributed by atoms with Crippen LogP contribution in [0.2, 0.25) is 0 Å². The van der Waals surface area contributed by atoms with Crippen LogP contribution in [0.1, 0.15) is 18.4 Å². The minimum absolute atomic E-state index is 0.274. The van der Waals surface area contributed by atoms with Crippen molar-refractivity contribution in [3.8, 4) is 0 Å². The highest BCUT2D eigenvalue weighted by Gasteiger charge is 2.24. The highest BCUT2D eigenvalue weighted by molar-refractivity contribution is 6.07. The van der Waals surface area contributed by atoms with Crippen LogP contribution in [0.5, 0.6) is 0 Å². The number of benzene rings is 1. The van der Waals surface area contributed by atoms with Crippen molar-refractivity contribution in [1.82, 2.24) is 4.90 Å². The molecule has 21 heavy (non-hydrogen) atoms. The van der Waals surface area contributed by atoms with Gasteiger partial charge in [-0.15, -0.1) is 0 Å². The average Bonchev–Trinajstić information content (AvgIpc) is 2.53. The lowest BCUT2D eigenvalue weighted by molar-refractivity contribution is -0.112. The molecule has 0 fully saturated rings. The van der Waals surface area contributed by atoms with Gasteiger partial charge in [0.2, 0.25) is 5.78 Å². The predicted octanol–water partition coefficient (Wildman–Crippen LogP) is 3.15. The maximum Gasteiger partial charge on any atom is 0.414 e. The van der Waals surface area contributed by atoms with Gasteiger partial charge >= 0.3 is 6.09 Å². The third kappa shape index (κ3) is 3.78. The molecule has 0 bridgehead atoms. The van der Waals surface area contributed by atoms with Gasteiger partial charge in [0, 0.05) is 6.54 Å². The fraction of sp³-hybridized carbons (Fsp3) is 0.250. The van der Waals surface area contributed by atoms with E-state index in [1.54, 1.807) is 24.3 Å². The molecule has 0 N–H and O–H groups in total. The Morgan fingerprint density at radius 3 is 2.67 bits per heavy atom. The first-order valence-corrected chi connectivity index (χ1v) is 6.65. The highest BCUT2D eigenvalue weighted by Crippen LogP contribution is 2.18. The number of carbonyl (C=O) groups is 2. The Hall–Kier alpha value is -2.43. The van der Waals surface area contributed by atoms with Gasteiger partial charge in [-0.2, -0.15) is 0 Å². The van der Waals surface area contributed by atoms with Crippen molar-refractivity contribution in [2.75, 3.05) is 13.7 Å². The summed E-state index contributed by atoms with van der Waals surface area (Å²) < 4.78 is 17.5. The second-order valence-electron chi connectivity index (χ2n) is 4.60.